The van der Waals surface area contributed by atoms with Gasteiger partial charge in [-0.05, 0) is 50.4 Å². The molecule has 1 aliphatic rings. The number of benzene rings is 1. The summed E-state index contributed by atoms with van der Waals surface area (Å²) in [5.41, 5.74) is 7.43. The highest BCUT2D eigenvalue weighted by Gasteiger charge is 2.17. The third-order valence-corrected chi connectivity index (χ3v) is 4.43. The molecule has 0 radical (unpaired) electrons. The van der Waals surface area contributed by atoms with Crippen molar-refractivity contribution in [3.63, 3.8) is 0 Å². The number of nitrogens with two attached hydrogens (primary N) is 1. The van der Waals surface area contributed by atoms with Gasteiger partial charge in [0, 0.05) is 23.7 Å². The molecule has 1 fully saturated rings. The standard InChI is InChI=1S/C16H25ClN2/c1-13-6-3-2-4-10-19(13)11-9-16(18)14-7-5-8-15(17)12-14/h5,7-8,12-13,16H,2-4,6,9-11,18H2,1H3. The van der Waals surface area contributed by atoms with Gasteiger partial charge in [-0.15, -0.1) is 0 Å². The van der Waals surface area contributed by atoms with Crippen LogP contribution < -0.4 is 5.73 Å². The third-order valence-electron chi connectivity index (χ3n) is 4.19. The SMILES string of the molecule is CC1CCCCCN1CCC(N)c1cccc(Cl)c1. The molecule has 1 aliphatic heterocycles. The normalized spacial score (nSPS) is 23.0. The van der Waals surface area contributed by atoms with E-state index < -0.39 is 0 Å². The Balaban J connectivity index is 1.87. The van der Waals surface area contributed by atoms with Gasteiger partial charge in [0.15, 0.2) is 0 Å². The van der Waals surface area contributed by atoms with E-state index in [-0.39, 0.29) is 6.04 Å². The highest BCUT2D eigenvalue weighted by molar-refractivity contribution is 6.30. The Morgan fingerprint density at radius 3 is 3.00 bits per heavy atom. The monoisotopic (exact) mass is 280 g/mol. The lowest BCUT2D eigenvalue weighted by atomic mass is 10.0. The van der Waals surface area contributed by atoms with Crippen LogP contribution in [0.2, 0.25) is 5.02 Å². The number of likely N-dealkylation sites (tertiary alicyclic amines) is 1. The van der Waals surface area contributed by atoms with Gasteiger partial charge in [-0.25, -0.2) is 0 Å². The summed E-state index contributed by atoms with van der Waals surface area (Å²) in [5.74, 6) is 0. The number of rotatable bonds is 4. The molecule has 2 unspecified atom stereocenters. The maximum atomic E-state index is 6.28. The van der Waals surface area contributed by atoms with Crippen molar-refractivity contribution in [3.05, 3.63) is 34.9 Å². The topological polar surface area (TPSA) is 29.3 Å². The van der Waals surface area contributed by atoms with Gasteiger partial charge in [-0.1, -0.05) is 36.6 Å². The summed E-state index contributed by atoms with van der Waals surface area (Å²) in [4.78, 5) is 2.59. The molecule has 1 heterocycles. The van der Waals surface area contributed by atoms with Crippen LogP contribution in [-0.4, -0.2) is 24.0 Å². The molecule has 0 saturated carbocycles. The lowest BCUT2D eigenvalue weighted by Gasteiger charge is -2.28. The summed E-state index contributed by atoms with van der Waals surface area (Å²) < 4.78 is 0. The zero-order chi connectivity index (χ0) is 13.7. The van der Waals surface area contributed by atoms with Crippen LogP contribution in [0.3, 0.4) is 0 Å². The van der Waals surface area contributed by atoms with Gasteiger partial charge in [-0.3, -0.25) is 0 Å². The summed E-state index contributed by atoms with van der Waals surface area (Å²) in [6.45, 7) is 4.66. The second-order valence-corrected chi connectivity index (χ2v) is 6.12. The Kier molecular flexibility index (Phi) is 5.68. The minimum atomic E-state index is 0.0918. The van der Waals surface area contributed by atoms with E-state index in [9.17, 15) is 0 Å². The molecule has 2 atom stereocenters. The van der Waals surface area contributed by atoms with Gasteiger partial charge in [0.1, 0.15) is 0 Å². The zero-order valence-corrected chi connectivity index (χ0v) is 12.6. The predicted octanol–water partition coefficient (Wildman–Crippen LogP) is 3.99. The zero-order valence-electron chi connectivity index (χ0n) is 11.8. The molecule has 2 rings (SSSR count). The number of hydrogen-bond donors (Lipinski definition) is 1. The largest absolute Gasteiger partial charge is 0.324 e. The first-order valence-corrected chi connectivity index (χ1v) is 7.79. The molecule has 0 aliphatic carbocycles. The molecular weight excluding hydrogens is 256 g/mol. The smallest absolute Gasteiger partial charge is 0.0409 e. The average molecular weight is 281 g/mol. The summed E-state index contributed by atoms with van der Waals surface area (Å²) in [7, 11) is 0. The van der Waals surface area contributed by atoms with E-state index >= 15 is 0 Å². The van der Waals surface area contributed by atoms with E-state index in [1.165, 1.54) is 32.2 Å². The van der Waals surface area contributed by atoms with Crippen molar-refractivity contribution >= 4 is 11.6 Å². The first-order chi connectivity index (χ1) is 9.16. The van der Waals surface area contributed by atoms with Crippen LogP contribution in [0.25, 0.3) is 0 Å². The van der Waals surface area contributed by atoms with Gasteiger partial charge in [0.2, 0.25) is 0 Å². The van der Waals surface area contributed by atoms with Crippen LogP contribution in [0.1, 0.15) is 50.6 Å². The Hall–Kier alpha value is -0.570. The molecule has 0 spiro atoms. The fourth-order valence-corrected chi connectivity index (χ4v) is 3.07. The fourth-order valence-electron chi connectivity index (χ4n) is 2.88. The molecule has 1 aromatic rings. The molecular formula is C16H25ClN2. The van der Waals surface area contributed by atoms with Crippen molar-refractivity contribution in [1.29, 1.82) is 0 Å². The number of nitrogens with zero attached hydrogens (tertiary/aromatic N) is 1. The van der Waals surface area contributed by atoms with Crippen molar-refractivity contribution in [2.24, 2.45) is 5.73 Å². The molecule has 0 amide bonds. The molecule has 2 N–H and O–H groups in total. The molecule has 106 valence electrons. The highest BCUT2D eigenvalue weighted by atomic mass is 35.5. The Morgan fingerprint density at radius 2 is 2.21 bits per heavy atom. The Bertz CT molecular complexity index is 394. The molecule has 0 bridgehead atoms. The van der Waals surface area contributed by atoms with E-state index in [2.05, 4.69) is 17.9 Å². The van der Waals surface area contributed by atoms with Gasteiger partial charge in [-0.2, -0.15) is 0 Å². The minimum Gasteiger partial charge on any atom is -0.324 e. The van der Waals surface area contributed by atoms with E-state index in [0.29, 0.717) is 6.04 Å². The average Bonchev–Trinajstić information content (AvgIpc) is 2.61. The third kappa shape index (κ3) is 4.48. The Morgan fingerprint density at radius 1 is 1.37 bits per heavy atom. The second kappa shape index (κ2) is 7.28. The molecule has 2 nitrogen and oxygen atoms in total. The predicted molar refractivity (Wildman–Crippen MR) is 82.5 cm³/mol. The van der Waals surface area contributed by atoms with Gasteiger partial charge in [0.05, 0.1) is 0 Å². The molecule has 3 heteroatoms. The summed E-state index contributed by atoms with van der Waals surface area (Å²) in [5, 5.41) is 0.774. The van der Waals surface area contributed by atoms with Crippen LogP contribution >= 0.6 is 11.6 Å². The first-order valence-electron chi connectivity index (χ1n) is 7.42. The van der Waals surface area contributed by atoms with E-state index in [0.717, 1.165) is 23.6 Å². The number of hydrogen-bond acceptors (Lipinski definition) is 2. The molecule has 1 saturated heterocycles. The summed E-state index contributed by atoms with van der Waals surface area (Å²) in [6, 6.07) is 8.73. The lowest BCUT2D eigenvalue weighted by molar-refractivity contribution is 0.206. The molecule has 1 aromatic carbocycles. The van der Waals surface area contributed by atoms with Crippen molar-refractivity contribution in [2.45, 2.75) is 51.1 Å². The van der Waals surface area contributed by atoms with Crippen LogP contribution in [0.15, 0.2) is 24.3 Å². The maximum absolute atomic E-state index is 6.28. The van der Waals surface area contributed by atoms with E-state index in [1.54, 1.807) is 0 Å². The van der Waals surface area contributed by atoms with E-state index in [4.69, 9.17) is 17.3 Å². The van der Waals surface area contributed by atoms with E-state index in [1.807, 2.05) is 18.2 Å². The van der Waals surface area contributed by atoms with Crippen molar-refractivity contribution < 1.29 is 0 Å². The quantitative estimate of drug-likeness (QED) is 0.903. The first kappa shape index (κ1) is 14.8. The summed E-state index contributed by atoms with van der Waals surface area (Å²) in [6.07, 6.45) is 6.41. The van der Waals surface area contributed by atoms with Crippen LogP contribution in [0, 0.1) is 0 Å². The van der Waals surface area contributed by atoms with Gasteiger partial charge >= 0.3 is 0 Å². The van der Waals surface area contributed by atoms with Crippen LogP contribution in [-0.2, 0) is 0 Å². The summed E-state index contributed by atoms with van der Waals surface area (Å²) >= 11 is 6.02. The van der Waals surface area contributed by atoms with Crippen molar-refractivity contribution in [2.75, 3.05) is 13.1 Å². The highest BCUT2D eigenvalue weighted by Crippen LogP contribution is 2.21. The molecule has 19 heavy (non-hydrogen) atoms. The van der Waals surface area contributed by atoms with Crippen molar-refractivity contribution in [3.8, 4) is 0 Å². The van der Waals surface area contributed by atoms with Crippen LogP contribution in [0.5, 0.6) is 0 Å². The fraction of sp³-hybridized carbons (Fsp3) is 0.625. The Labute approximate surface area is 121 Å². The van der Waals surface area contributed by atoms with Crippen molar-refractivity contribution in [1.82, 2.24) is 4.90 Å². The van der Waals surface area contributed by atoms with Gasteiger partial charge in [0.25, 0.3) is 0 Å². The van der Waals surface area contributed by atoms with Gasteiger partial charge < -0.3 is 10.6 Å². The lowest BCUT2D eigenvalue weighted by Crippen LogP contribution is -2.34. The molecule has 0 aromatic heterocycles. The number of halogens is 1. The maximum Gasteiger partial charge on any atom is 0.0409 e. The second-order valence-electron chi connectivity index (χ2n) is 5.68. The minimum absolute atomic E-state index is 0.0918. The van der Waals surface area contributed by atoms with Crippen LogP contribution in [0.4, 0.5) is 0 Å².